The molecule has 0 spiro atoms. The van der Waals surface area contributed by atoms with Crippen molar-refractivity contribution in [1.29, 1.82) is 0 Å². The molecule has 1 aliphatic heterocycles. The van der Waals surface area contributed by atoms with Crippen LogP contribution in [0.1, 0.15) is 33.1 Å². The third-order valence-electron chi connectivity index (χ3n) is 3.83. The number of hydrogen-bond acceptors (Lipinski definition) is 3. The maximum Gasteiger partial charge on any atom is 0.0621 e. The van der Waals surface area contributed by atoms with Crippen molar-refractivity contribution in [2.24, 2.45) is 5.41 Å². The molecule has 82 valence electrons. The molecule has 1 heterocycles. The summed E-state index contributed by atoms with van der Waals surface area (Å²) in [5.41, 5.74) is 0.0866. The average Bonchev–Trinajstić information content (AvgIpc) is 2.64. The number of thioether (sulfide) groups is 1. The summed E-state index contributed by atoms with van der Waals surface area (Å²) in [5, 5.41) is 14.0. The van der Waals surface area contributed by atoms with Crippen LogP contribution in [0.2, 0.25) is 0 Å². The molecule has 2 aliphatic rings. The first kappa shape index (κ1) is 10.8. The van der Waals surface area contributed by atoms with Gasteiger partial charge in [0.2, 0.25) is 0 Å². The minimum atomic E-state index is -0.101. The van der Waals surface area contributed by atoms with E-state index in [0.29, 0.717) is 6.04 Å². The van der Waals surface area contributed by atoms with E-state index in [4.69, 9.17) is 0 Å². The van der Waals surface area contributed by atoms with E-state index >= 15 is 0 Å². The predicted octanol–water partition coefficient (Wildman–Crippen LogP) is 1.63. The molecule has 3 unspecified atom stereocenters. The Labute approximate surface area is 90.8 Å². The Morgan fingerprint density at radius 3 is 2.79 bits per heavy atom. The fourth-order valence-electron chi connectivity index (χ4n) is 2.33. The lowest BCUT2D eigenvalue weighted by Crippen LogP contribution is -2.60. The van der Waals surface area contributed by atoms with Crippen LogP contribution in [0, 0.1) is 5.41 Å². The van der Waals surface area contributed by atoms with Crippen LogP contribution in [-0.2, 0) is 0 Å². The molecule has 0 bridgehead atoms. The summed E-state index contributed by atoms with van der Waals surface area (Å²) >= 11 is 2.09. The molecule has 0 aromatic heterocycles. The summed E-state index contributed by atoms with van der Waals surface area (Å²) in [6, 6.07) is 0.527. The monoisotopic (exact) mass is 215 g/mol. The van der Waals surface area contributed by atoms with Gasteiger partial charge in [0.1, 0.15) is 0 Å². The average molecular weight is 215 g/mol. The van der Waals surface area contributed by atoms with Crippen LogP contribution in [-0.4, -0.2) is 34.8 Å². The van der Waals surface area contributed by atoms with E-state index in [9.17, 15) is 5.11 Å². The zero-order chi connectivity index (χ0) is 10.2. The highest BCUT2D eigenvalue weighted by Gasteiger charge is 2.46. The van der Waals surface area contributed by atoms with Crippen LogP contribution in [0.3, 0.4) is 0 Å². The molecule has 14 heavy (non-hydrogen) atoms. The molecule has 0 aromatic rings. The van der Waals surface area contributed by atoms with E-state index in [-0.39, 0.29) is 11.5 Å². The highest BCUT2D eigenvalue weighted by atomic mass is 32.2. The third-order valence-corrected chi connectivity index (χ3v) is 5.23. The summed E-state index contributed by atoms with van der Waals surface area (Å²) < 4.78 is 0. The van der Waals surface area contributed by atoms with Gasteiger partial charge in [-0.3, -0.25) is 0 Å². The van der Waals surface area contributed by atoms with Gasteiger partial charge in [-0.15, -0.1) is 0 Å². The predicted molar refractivity (Wildman–Crippen MR) is 61.7 cm³/mol. The summed E-state index contributed by atoms with van der Waals surface area (Å²) in [6.07, 6.45) is 3.59. The van der Waals surface area contributed by atoms with Gasteiger partial charge in [0.15, 0.2) is 0 Å². The van der Waals surface area contributed by atoms with Crippen molar-refractivity contribution < 1.29 is 5.11 Å². The van der Waals surface area contributed by atoms with Crippen LogP contribution >= 0.6 is 11.8 Å². The van der Waals surface area contributed by atoms with Gasteiger partial charge in [-0.2, -0.15) is 11.8 Å². The lowest BCUT2D eigenvalue weighted by atomic mass is 9.64. The van der Waals surface area contributed by atoms with Crippen LogP contribution in [0.4, 0.5) is 0 Å². The van der Waals surface area contributed by atoms with Crippen molar-refractivity contribution in [2.45, 2.75) is 50.5 Å². The second-order valence-corrected chi connectivity index (χ2v) is 6.58. The topological polar surface area (TPSA) is 32.3 Å². The Hall–Kier alpha value is 0.270. The van der Waals surface area contributed by atoms with Gasteiger partial charge in [-0.05, 0) is 25.0 Å². The Morgan fingerprint density at radius 2 is 2.29 bits per heavy atom. The number of aliphatic hydroxyl groups is 1. The molecule has 2 rings (SSSR count). The minimum absolute atomic E-state index is 0.0866. The molecule has 3 heteroatoms. The molecule has 2 fully saturated rings. The molecule has 3 atom stereocenters. The molecule has 1 saturated carbocycles. The molecule has 2 N–H and O–H groups in total. The minimum Gasteiger partial charge on any atom is -0.392 e. The first-order valence-corrected chi connectivity index (χ1v) is 6.68. The van der Waals surface area contributed by atoms with Crippen molar-refractivity contribution in [3.63, 3.8) is 0 Å². The van der Waals surface area contributed by atoms with Crippen molar-refractivity contribution in [1.82, 2.24) is 5.32 Å². The van der Waals surface area contributed by atoms with Crippen LogP contribution in [0.15, 0.2) is 0 Å². The molecule has 1 saturated heterocycles. The Balaban J connectivity index is 1.71. The molecule has 0 radical (unpaired) electrons. The van der Waals surface area contributed by atoms with Crippen molar-refractivity contribution in [2.75, 3.05) is 12.3 Å². The summed E-state index contributed by atoms with van der Waals surface area (Å²) in [4.78, 5) is 0. The van der Waals surface area contributed by atoms with Crippen LogP contribution in [0.25, 0.3) is 0 Å². The van der Waals surface area contributed by atoms with Gasteiger partial charge in [-0.1, -0.05) is 13.8 Å². The van der Waals surface area contributed by atoms with E-state index in [0.717, 1.165) is 18.2 Å². The van der Waals surface area contributed by atoms with Crippen LogP contribution in [0.5, 0.6) is 0 Å². The van der Waals surface area contributed by atoms with Gasteiger partial charge >= 0.3 is 0 Å². The molecular formula is C11H21NOS. The maximum absolute atomic E-state index is 9.59. The molecule has 2 nitrogen and oxygen atoms in total. The number of rotatable bonds is 3. The largest absolute Gasteiger partial charge is 0.392 e. The first-order valence-electron chi connectivity index (χ1n) is 5.64. The van der Waals surface area contributed by atoms with Gasteiger partial charge in [0, 0.05) is 23.3 Å². The van der Waals surface area contributed by atoms with E-state index in [1.54, 1.807) is 0 Å². The Bertz CT molecular complexity index is 201. The van der Waals surface area contributed by atoms with Crippen molar-refractivity contribution >= 4 is 11.8 Å². The van der Waals surface area contributed by atoms with Gasteiger partial charge in [-0.25, -0.2) is 0 Å². The second-order valence-electron chi connectivity index (χ2n) is 5.17. The number of aliphatic hydroxyl groups excluding tert-OH is 1. The normalized spacial score (nSPS) is 40.9. The van der Waals surface area contributed by atoms with E-state index in [2.05, 4.69) is 30.9 Å². The SMILES string of the molecule is CC1(C)C(O)CC1NCC1CCCS1. The fourth-order valence-corrected chi connectivity index (χ4v) is 3.54. The third kappa shape index (κ3) is 1.95. The lowest BCUT2D eigenvalue weighted by Gasteiger charge is -2.50. The van der Waals surface area contributed by atoms with E-state index in [1.807, 2.05) is 0 Å². The molecule has 0 aromatic carbocycles. The summed E-state index contributed by atoms with van der Waals surface area (Å²) in [6.45, 7) is 5.44. The Kier molecular flexibility index (Phi) is 3.10. The second kappa shape index (κ2) is 4.03. The highest BCUT2D eigenvalue weighted by molar-refractivity contribution is 8.00. The fraction of sp³-hybridized carbons (Fsp3) is 1.00. The number of nitrogens with one attached hydrogen (secondary N) is 1. The van der Waals surface area contributed by atoms with E-state index in [1.165, 1.54) is 18.6 Å². The number of hydrogen-bond donors (Lipinski definition) is 2. The smallest absolute Gasteiger partial charge is 0.0621 e. The van der Waals surface area contributed by atoms with Gasteiger partial charge < -0.3 is 10.4 Å². The summed E-state index contributed by atoms with van der Waals surface area (Å²) in [5.74, 6) is 1.34. The van der Waals surface area contributed by atoms with Crippen LogP contribution < -0.4 is 5.32 Å². The van der Waals surface area contributed by atoms with Gasteiger partial charge in [0.05, 0.1) is 6.10 Å². The van der Waals surface area contributed by atoms with Crippen molar-refractivity contribution in [3.8, 4) is 0 Å². The van der Waals surface area contributed by atoms with Crippen molar-refractivity contribution in [3.05, 3.63) is 0 Å². The van der Waals surface area contributed by atoms with Gasteiger partial charge in [0.25, 0.3) is 0 Å². The van der Waals surface area contributed by atoms with E-state index < -0.39 is 0 Å². The lowest BCUT2D eigenvalue weighted by molar-refractivity contribution is -0.0721. The molecule has 1 aliphatic carbocycles. The Morgan fingerprint density at radius 1 is 1.50 bits per heavy atom. The zero-order valence-corrected chi connectivity index (χ0v) is 9.94. The standard InChI is InChI=1S/C11H21NOS/c1-11(2)9(6-10(11)13)12-7-8-4-3-5-14-8/h8-10,12-13H,3-7H2,1-2H3. The highest BCUT2D eigenvalue weighted by Crippen LogP contribution is 2.40. The maximum atomic E-state index is 9.59. The summed E-state index contributed by atoms with van der Waals surface area (Å²) in [7, 11) is 0. The quantitative estimate of drug-likeness (QED) is 0.750. The molecule has 0 amide bonds. The molecular weight excluding hydrogens is 194 g/mol. The first-order chi connectivity index (χ1) is 6.60. The zero-order valence-electron chi connectivity index (χ0n) is 9.12.